The molecule has 1 heterocycles. The summed E-state index contributed by atoms with van der Waals surface area (Å²) >= 11 is 0. The second-order valence-electron chi connectivity index (χ2n) is 4.32. The molecule has 1 aromatic carbocycles. The Morgan fingerprint density at radius 3 is 2.85 bits per heavy atom. The minimum absolute atomic E-state index is 0.158. The fourth-order valence-corrected chi connectivity index (χ4v) is 1.75. The molecule has 20 heavy (non-hydrogen) atoms. The van der Waals surface area contributed by atoms with Crippen molar-refractivity contribution in [3.8, 4) is 6.07 Å². The van der Waals surface area contributed by atoms with Crippen LogP contribution in [0.4, 0.5) is 5.69 Å². The number of hydrogen-bond acceptors (Lipinski definition) is 4. The smallest absolute Gasteiger partial charge is 0.242 e. The van der Waals surface area contributed by atoms with Gasteiger partial charge in [0.25, 0.3) is 0 Å². The Bertz CT molecular complexity index is 614. The van der Waals surface area contributed by atoms with E-state index in [1.807, 2.05) is 6.07 Å². The predicted octanol–water partition coefficient (Wildman–Crippen LogP) is 2.27. The normalized spacial score (nSPS) is 11.4. The molecule has 2 N–H and O–H groups in total. The standard InChI is InChI=1S/C15H15N3O2/c1-11(15(19)17-10-13-6-4-8-20-13)18-14-7-3-2-5-12(14)9-16/h2-8,11,18H,10H2,1H3,(H,17,19). The van der Waals surface area contributed by atoms with Gasteiger partial charge >= 0.3 is 0 Å². The SMILES string of the molecule is CC(Nc1ccccc1C#N)C(=O)NCc1ccco1. The third kappa shape index (κ3) is 3.39. The molecule has 0 radical (unpaired) electrons. The van der Waals surface area contributed by atoms with E-state index < -0.39 is 6.04 Å². The summed E-state index contributed by atoms with van der Waals surface area (Å²) in [6, 6.07) is 12.3. The highest BCUT2D eigenvalue weighted by atomic mass is 16.3. The summed E-state index contributed by atoms with van der Waals surface area (Å²) in [4.78, 5) is 11.9. The van der Waals surface area contributed by atoms with Crippen LogP contribution in [0.3, 0.4) is 0 Å². The van der Waals surface area contributed by atoms with Gasteiger partial charge in [-0.3, -0.25) is 4.79 Å². The molecule has 1 aromatic heterocycles. The van der Waals surface area contributed by atoms with Crippen molar-refractivity contribution in [3.05, 3.63) is 54.0 Å². The maximum Gasteiger partial charge on any atom is 0.242 e. The van der Waals surface area contributed by atoms with Gasteiger partial charge in [-0.1, -0.05) is 12.1 Å². The van der Waals surface area contributed by atoms with Crippen LogP contribution in [0, 0.1) is 11.3 Å². The number of hydrogen-bond donors (Lipinski definition) is 2. The number of rotatable bonds is 5. The summed E-state index contributed by atoms with van der Waals surface area (Å²) < 4.78 is 5.14. The van der Waals surface area contributed by atoms with E-state index in [4.69, 9.17) is 9.68 Å². The second kappa shape index (κ2) is 6.43. The van der Waals surface area contributed by atoms with Crippen LogP contribution >= 0.6 is 0 Å². The number of carbonyl (C=O) groups excluding carboxylic acids is 1. The van der Waals surface area contributed by atoms with Crippen molar-refractivity contribution in [2.24, 2.45) is 0 Å². The van der Waals surface area contributed by atoms with Gasteiger partial charge in [-0.2, -0.15) is 5.26 Å². The second-order valence-corrected chi connectivity index (χ2v) is 4.32. The van der Waals surface area contributed by atoms with Gasteiger partial charge < -0.3 is 15.1 Å². The lowest BCUT2D eigenvalue weighted by atomic mass is 10.1. The van der Waals surface area contributed by atoms with E-state index in [1.54, 1.807) is 43.5 Å². The van der Waals surface area contributed by atoms with Crippen molar-refractivity contribution in [1.82, 2.24) is 5.32 Å². The van der Waals surface area contributed by atoms with Gasteiger partial charge in [0.05, 0.1) is 24.1 Å². The van der Waals surface area contributed by atoms with Crippen LogP contribution in [0.5, 0.6) is 0 Å². The lowest BCUT2D eigenvalue weighted by Gasteiger charge is -2.15. The molecule has 1 atom stereocenters. The van der Waals surface area contributed by atoms with Gasteiger partial charge in [0, 0.05) is 0 Å². The summed E-state index contributed by atoms with van der Waals surface area (Å²) in [5, 5.41) is 14.8. The third-order valence-corrected chi connectivity index (χ3v) is 2.83. The molecule has 0 saturated heterocycles. The molecule has 2 rings (SSSR count). The summed E-state index contributed by atoms with van der Waals surface area (Å²) in [5.74, 6) is 0.539. The number of nitriles is 1. The van der Waals surface area contributed by atoms with Crippen LogP contribution in [0.25, 0.3) is 0 Å². The number of para-hydroxylation sites is 1. The molecule has 1 unspecified atom stereocenters. The quantitative estimate of drug-likeness (QED) is 0.872. The molecule has 0 aliphatic carbocycles. The Morgan fingerprint density at radius 2 is 2.15 bits per heavy atom. The van der Waals surface area contributed by atoms with E-state index in [-0.39, 0.29) is 5.91 Å². The summed E-state index contributed by atoms with van der Waals surface area (Å²) in [6.07, 6.45) is 1.56. The zero-order valence-corrected chi connectivity index (χ0v) is 11.1. The van der Waals surface area contributed by atoms with Crippen molar-refractivity contribution in [2.75, 3.05) is 5.32 Å². The van der Waals surface area contributed by atoms with Crippen LogP contribution in [0.15, 0.2) is 47.1 Å². The molecule has 102 valence electrons. The first-order valence-electron chi connectivity index (χ1n) is 6.26. The van der Waals surface area contributed by atoms with Crippen molar-refractivity contribution in [2.45, 2.75) is 19.5 Å². The van der Waals surface area contributed by atoms with Crippen molar-refractivity contribution in [3.63, 3.8) is 0 Å². The van der Waals surface area contributed by atoms with Crippen molar-refractivity contribution < 1.29 is 9.21 Å². The molecule has 2 aromatic rings. The maximum atomic E-state index is 11.9. The zero-order chi connectivity index (χ0) is 14.4. The predicted molar refractivity (Wildman–Crippen MR) is 74.8 cm³/mol. The highest BCUT2D eigenvalue weighted by molar-refractivity contribution is 5.84. The number of carbonyl (C=O) groups is 1. The van der Waals surface area contributed by atoms with E-state index >= 15 is 0 Å². The molecule has 0 fully saturated rings. The summed E-state index contributed by atoms with van der Waals surface area (Å²) in [7, 11) is 0. The van der Waals surface area contributed by atoms with Gasteiger partial charge in [-0.15, -0.1) is 0 Å². The molecule has 0 saturated carbocycles. The Morgan fingerprint density at radius 1 is 1.35 bits per heavy atom. The van der Waals surface area contributed by atoms with Gasteiger partial charge in [0.1, 0.15) is 17.9 Å². The van der Waals surface area contributed by atoms with Crippen molar-refractivity contribution in [1.29, 1.82) is 5.26 Å². The van der Waals surface area contributed by atoms with E-state index in [0.29, 0.717) is 23.6 Å². The van der Waals surface area contributed by atoms with E-state index in [9.17, 15) is 4.79 Å². The molecular weight excluding hydrogens is 254 g/mol. The van der Waals surface area contributed by atoms with Crippen LogP contribution < -0.4 is 10.6 Å². The van der Waals surface area contributed by atoms with E-state index in [1.165, 1.54) is 0 Å². The van der Waals surface area contributed by atoms with Crippen molar-refractivity contribution >= 4 is 11.6 Å². The maximum absolute atomic E-state index is 11.9. The monoisotopic (exact) mass is 269 g/mol. The number of anilines is 1. The first-order valence-corrected chi connectivity index (χ1v) is 6.26. The zero-order valence-electron chi connectivity index (χ0n) is 11.1. The molecule has 5 heteroatoms. The number of furan rings is 1. The highest BCUT2D eigenvalue weighted by Gasteiger charge is 2.14. The fraction of sp³-hybridized carbons (Fsp3) is 0.200. The summed E-state index contributed by atoms with van der Waals surface area (Å²) in [5.41, 5.74) is 1.16. The highest BCUT2D eigenvalue weighted by Crippen LogP contribution is 2.14. The van der Waals surface area contributed by atoms with Crippen LogP contribution in [-0.2, 0) is 11.3 Å². The lowest BCUT2D eigenvalue weighted by Crippen LogP contribution is -2.37. The van der Waals surface area contributed by atoms with Gasteiger partial charge in [0.15, 0.2) is 0 Å². The Hall–Kier alpha value is -2.74. The molecule has 0 spiro atoms. The molecule has 1 amide bonds. The van der Waals surface area contributed by atoms with E-state index in [0.717, 1.165) is 0 Å². The molecule has 0 aliphatic heterocycles. The fourth-order valence-electron chi connectivity index (χ4n) is 1.75. The van der Waals surface area contributed by atoms with Crippen LogP contribution in [0.2, 0.25) is 0 Å². The minimum atomic E-state index is -0.445. The van der Waals surface area contributed by atoms with Gasteiger partial charge in [0.2, 0.25) is 5.91 Å². The van der Waals surface area contributed by atoms with Gasteiger partial charge in [-0.25, -0.2) is 0 Å². The van der Waals surface area contributed by atoms with Gasteiger partial charge in [-0.05, 0) is 31.2 Å². The average Bonchev–Trinajstić information content (AvgIpc) is 2.98. The number of nitrogens with one attached hydrogen (secondary N) is 2. The summed E-state index contributed by atoms with van der Waals surface area (Å²) in [6.45, 7) is 2.09. The van der Waals surface area contributed by atoms with Crippen LogP contribution in [0.1, 0.15) is 18.2 Å². The minimum Gasteiger partial charge on any atom is -0.467 e. The molecule has 5 nitrogen and oxygen atoms in total. The topological polar surface area (TPSA) is 78.1 Å². The van der Waals surface area contributed by atoms with E-state index in [2.05, 4.69) is 16.7 Å². The molecule has 0 aliphatic rings. The first kappa shape index (κ1) is 13.7. The molecule has 0 bridgehead atoms. The Labute approximate surface area is 117 Å². The third-order valence-electron chi connectivity index (χ3n) is 2.83. The van der Waals surface area contributed by atoms with Crippen LogP contribution in [-0.4, -0.2) is 11.9 Å². The first-order chi connectivity index (χ1) is 9.70. The average molecular weight is 269 g/mol. The Kier molecular flexibility index (Phi) is 4.40. The Balaban J connectivity index is 1.92. The largest absolute Gasteiger partial charge is 0.467 e. The lowest BCUT2D eigenvalue weighted by molar-refractivity contribution is -0.121. The number of nitrogens with zero attached hydrogens (tertiary/aromatic N) is 1. The number of benzene rings is 1. The number of amides is 1. The molecular formula is C15H15N3O2.